The van der Waals surface area contributed by atoms with Crippen molar-refractivity contribution in [2.45, 2.75) is 65.2 Å². The van der Waals surface area contributed by atoms with Gasteiger partial charge in [0.1, 0.15) is 5.92 Å². The van der Waals surface area contributed by atoms with Crippen molar-refractivity contribution >= 4 is 11.8 Å². The fourth-order valence-corrected chi connectivity index (χ4v) is 3.53. The van der Waals surface area contributed by atoms with Gasteiger partial charge in [-0.15, -0.1) is 0 Å². The minimum Gasteiger partial charge on any atom is -0.465 e. The van der Waals surface area contributed by atoms with Crippen molar-refractivity contribution in [3.8, 4) is 0 Å². The molecule has 0 spiro atoms. The number of carbonyl (C=O) groups excluding carboxylic acids is 2. The van der Waals surface area contributed by atoms with Gasteiger partial charge >= 0.3 is 5.97 Å². The first-order valence-corrected chi connectivity index (χ1v) is 10.4. The number of hydrogen-bond donors (Lipinski definition) is 0. The average Bonchev–Trinajstić information content (AvgIpc) is 2.68. The first-order chi connectivity index (χ1) is 13.6. The third kappa shape index (κ3) is 6.05. The lowest BCUT2D eigenvalue weighted by Crippen LogP contribution is -2.26. The molecule has 0 saturated carbocycles. The largest absolute Gasteiger partial charge is 0.465 e. The predicted molar refractivity (Wildman–Crippen MR) is 114 cm³/mol. The Bertz CT molecular complexity index is 744. The van der Waals surface area contributed by atoms with Gasteiger partial charge in [-0.1, -0.05) is 87.6 Å². The van der Waals surface area contributed by atoms with Crippen LogP contribution in [0.4, 0.5) is 0 Å². The third-order valence-electron chi connectivity index (χ3n) is 5.10. The predicted octanol–water partition coefficient (Wildman–Crippen LogP) is 6.17. The molecule has 3 nitrogen and oxygen atoms in total. The number of esters is 1. The Kier molecular flexibility index (Phi) is 8.93. The van der Waals surface area contributed by atoms with Gasteiger partial charge < -0.3 is 4.74 Å². The summed E-state index contributed by atoms with van der Waals surface area (Å²) in [4.78, 5) is 26.2. The molecule has 0 amide bonds. The topological polar surface area (TPSA) is 43.4 Å². The van der Waals surface area contributed by atoms with E-state index in [2.05, 4.69) is 6.92 Å². The SMILES string of the molecule is CCCCCCCCOC(=O)C(C(=O)c1c(C)cccc1C)c1ccccc1. The fraction of sp³-hybridized carbons (Fsp3) is 0.440. The maximum absolute atomic E-state index is 13.3. The molecule has 0 radical (unpaired) electrons. The van der Waals surface area contributed by atoms with Crippen LogP contribution >= 0.6 is 0 Å². The summed E-state index contributed by atoms with van der Waals surface area (Å²) >= 11 is 0. The maximum atomic E-state index is 13.3. The summed E-state index contributed by atoms with van der Waals surface area (Å²) in [6, 6.07) is 15.0. The van der Waals surface area contributed by atoms with Crippen LogP contribution in [0.2, 0.25) is 0 Å². The van der Waals surface area contributed by atoms with Crippen LogP contribution in [0.3, 0.4) is 0 Å². The minimum absolute atomic E-state index is 0.185. The normalized spacial score (nSPS) is 11.8. The monoisotopic (exact) mass is 380 g/mol. The summed E-state index contributed by atoms with van der Waals surface area (Å²) in [7, 11) is 0. The lowest BCUT2D eigenvalue weighted by molar-refractivity contribution is -0.144. The Morgan fingerprint density at radius 3 is 2.07 bits per heavy atom. The second-order valence-corrected chi connectivity index (χ2v) is 7.41. The van der Waals surface area contributed by atoms with Crippen LogP contribution < -0.4 is 0 Å². The van der Waals surface area contributed by atoms with Crippen molar-refractivity contribution < 1.29 is 14.3 Å². The second kappa shape index (κ2) is 11.4. The Hall–Kier alpha value is -2.42. The van der Waals surface area contributed by atoms with Crippen molar-refractivity contribution in [1.29, 1.82) is 0 Å². The molecule has 0 N–H and O–H groups in total. The van der Waals surface area contributed by atoms with Crippen molar-refractivity contribution in [1.82, 2.24) is 0 Å². The first-order valence-electron chi connectivity index (χ1n) is 10.4. The van der Waals surface area contributed by atoms with Crippen molar-refractivity contribution in [2.75, 3.05) is 6.61 Å². The standard InChI is InChI=1S/C25H32O3/c1-4-5-6-7-8-12-18-28-25(27)23(21-16-10-9-11-17-21)24(26)22-19(2)14-13-15-20(22)3/h9-11,13-17,23H,4-8,12,18H2,1-3H3. The van der Waals surface area contributed by atoms with E-state index in [4.69, 9.17) is 4.74 Å². The maximum Gasteiger partial charge on any atom is 0.321 e. The molecular formula is C25H32O3. The molecule has 0 saturated heterocycles. The molecule has 0 aliphatic carbocycles. The van der Waals surface area contributed by atoms with Crippen molar-refractivity contribution in [3.63, 3.8) is 0 Å². The van der Waals surface area contributed by atoms with Crippen LogP contribution in [0, 0.1) is 13.8 Å². The van der Waals surface area contributed by atoms with Gasteiger partial charge in [0.05, 0.1) is 6.61 Å². The van der Waals surface area contributed by atoms with E-state index in [9.17, 15) is 9.59 Å². The molecule has 1 unspecified atom stereocenters. The van der Waals surface area contributed by atoms with Gasteiger partial charge in [-0.3, -0.25) is 9.59 Å². The summed E-state index contributed by atoms with van der Waals surface area (Å²) in [6.45, 7) is 6.38. The first kappa shape index (κ1) is 21.9. The van der Waals surface area contributed by atoms with E-state index in [1.807, 2.05) is 62.4 Å². The summed E-state index contributed by atoms with van der Waals surface area (Å²) in [5, 5.41) is 0. The number of aryl methyl sites for hydroxylation is 2. The molecule has 3 heteroatoms. The molecule has 0 bridgehead atoms. The zero-order chi connectivity index (χ0) is 20.4. The Labute approximate surface area is 169 Å². The number of benzene rings is 2. The lowest BCUT2D eigenvalue weighted by atomic mass is 9.87. The van der Waals surface area contributed by atoms with Gasteiger partial charge in [0, 0.05) is 5.56 Å². The van der Waals surface area contributed by atoms with Crippen LogP contribution in [0.15, 0.2) is 48.5 Å². The Morgan fingerprint density at radius 2 is 1.43 bits per heavy atom. The summed E-state index contributed by atoms with van der Waals surface area (Å²) in [5.74, 6) is -1.55. The molecule has 0 aliphatic rings. The zero-order valence-corrected chi connectivity index (χ0v) is 17.4. The van der Waals surface area contributed by atoms with Crippen LogP contribution in [-0.4, -0.2) is 18.4 Å². The third-order valence-corrected chi connectivity index (χ3v) is 5.10. The lowest BCUT2D eigenvalue weighted by Gasteiger charge is -2.18. The molecule has 150 valence electrons. The molecule has 0 fully saturated rings. The number of ether oxygens (including phenoxy) is 1. The highest BCUT2D eigenvalue weighted by atomic mass is 16.5. The quantitative estimate of drug-likeness (QED) is 0.202. The van der Waals surface area contributed by atoms with E-state index in [0.29, 0.717) is 17.7 Å². The van der Waals surface area contributed by atoms with Gasteiger partial charge in [0.15, 0.2) is 5.78 Å². The molecule has 2 rings (SSSR count). The zero-order valence-electron chi connectivity index (χ0n) is 17.4. The minimum atomic E-state index is -0.916. The van der Waals surface area contributed by atoms with Gasteiger partial charge in [-0.05, 0) is 37.0 Å². The van der Waals surface area contributed by atoms with E-state index in [0.717, 1.165) is 30.4 Å². The summed E-state index contributed by atoms with van der Waals surface area (Å²) < 4.78 is 5.53. The van der Waals surface area contributed by atoms with Gasteiger partial charge in [0.25, 0.3) is 0 Å². The molecule has 1 atom stereocenters. The van der Waals surface area contributed by atoms with Gasteiger partial charge in [-0.2, -0.15) is 0 Å². The van der Waals surface area contributed by atoms with E-state index in [1.165, 1.54) is 19.3 Å². The Balaban J connectivity index is 2.10. The number of carbonyl (C=O) groups is 2. The number of unbranched alkanes of at least 4 members (excludes halogenated alkanes) is 5. The number of rotatable bonds is 11. The molecule has 0 aromatic heterocycles. The van der Waals surface area contributed by atoms with Crippen LogP contribution in [0.1, 0.15) is 78.4 Å². The smallest absolute Gasteiger partial charge is 0.321 e. The van der Waals surface area contributed by atoms with E-state index >= 15 is 0 Å². The van der Waals surface area contributed by atoms with E-state index in [1.54, 1.807) is 0 Å². The van der Waals surface area contributed by atoms with Gasteiger partial charge in [0.2, 0.25) is 0 Å². The Morgan fingerprint density at radius 1 is 0.821 bits per heavy atom. The van der Waals surface area contributed by atoms with Crippen molar-refractivity contribution in [2.24, 2.45) is 0 Å². The van der Waals surface area contributed by atoms with Crippen LogP contribution in [0.5, 0.6) is 0 Å². The second-order valence-electron chi connectivity index (χ2n) is 7.41. The molecule has 0 aliphatic heterocycles. The fourth-order valence-electron chi connectivity index (χ4n) is 3.53. The number of ketones is 1. The van der Waals surface area contributed by atoms with Crippen LogP contribution in [0.25, 0.3) is 0 Å². The van der Waals surface area contributed by atoms with E-state index in [-0.39, 0.29) is 5.78 Å². The summed E-state index contributed by atoms with van der Waals surface area (Å²) in [5.41, 5.74) is 3.07. The average molecular weight is 381 g/mol. The highest BCUT2D eigenvalue weighted by Crippen LogP contribution is 2.26. The summed E-state index contributed by atoms with van der Waals surface area (Å²) in [6.07, 6.45) is 6.74. The van der Waals surface area contributed by atoms with Crippen molar-refractivity contribution in [3.05, 3.63) is 70.8 Å². The molecule has 2 aromatic carbocycles. The highest BCUT2D eigenvalue weighted by Gasteiger charge is 2.32. The molecular weight excluding hydrogens is 348 g/mol. The van der Waals surface area contributed by atoms with Gasteiger partial charge in [-0.25, -0.2) is 0 Å². The van der Waals surface area contributed by atoms with E-state index < -0.39 is 11.9 Å². The molecule has 28 heavy (non-hydrogen) atoms. The highest BCUT2D eigenvalue weighted by molar-refractivity contribution is 6.14. The van der Waals surface area contributed by atoms with Crippen LogP contribution in [-0.2, 0) is 9.53 Å². The number of Topliss-reactive ketones (excluding diaryl/α,β-unsaturated/α-hetero) is 1. The molecule has 2 aromatic rings. The molecule has 0 heterocycles. The number of hydrogen-bond acceptors (Lipinski definition) is 3.